The number of hydrogen-bond acceptors (Lipinski definition) is 7. The number of H-pyrrole nitrogens is 1. The summed E-state index contributed by atoms with van der Waals surface area (Å²) in [6.07, 6.45) is -4.24. The van der Waals surface area contributed by atoms with Gasteiger partial charge >= 0.3 is 17.6 Å². The van der Waals surface area contributed by atoms with Crippen molar-refractivity contribution in [2.75, 3.05) is 6.61 Å². The molecule has 0 saturated carbocycles. The molecule has 1 aliphatic rings. The number of aryl methyl sites for hydroxylation is 1. The highest BCUT2D eigenvalue weighted by molar-refractivity contribution is 5.66. The second-order valence-corrected chi connectivity index (χ2v) is 5.56. The fourth-order valence-corrected chi connectivity index (χ4v) is 2.55. The van der Waals surface area contributed by atoms with Crippen LogP contribution in [0.5, 0.6) is 0 Å². The molecule has 1 N–H and O–H groups in total. The summed E-state index contributed by atoms with van der Waals surface area (Å²) in [7, 11) is 0. The van der Waals surface area contributed by atoms with Gasteiger partial charge in [0.05, 0.1) is 0 Å². The number of halogens is 1. The van der Waals surface area contributed by atoms with Gasteiger partial charge in [0, 0.05) is 25.6 Å². The molecule has 1 aliphatic heterocycles. The van der Waals surface area contributed by atoms with E-state index in [1.54, 1.807) is 6.92 Å². The van der Waals surface area contributed by atoms with Gasteiger partial charge in [-0.25, -0.2) is 9.18 Å². The number of nitrogens with one attached hydrogen (secondary N) is 1. The average molecular weight is 358 g/mol. The van der Waals surface area contributed by atoms with Gasteiger partial charge in [-0.1, -0.05) is 6.92 Å². The maximum Gasteiger partial charge on any atom is 0.330 e. The molecule has 0 bridgehead atoms. The highest BCUT2D eigenvalue weighted by Crippen LogP contribution is 2.33. The highest BCUT2D eigenvalue weighted by atomic mass is 19.1. The van der Waals surface area contributed by atoms with Crippen molar-refractivity contribution >= 4 is 11.9 Å². The van der Waals surface area contributed by atoms with Crippen LogP contribution in [0.4, 0.5) is 4.39 Å². The topological polar surface area (TPSA) is 117 Å². The molecule has 1 fully saturated rings. The number of rotatable bonds is 5. The van der Waals surface area contributed by atoms with Crippen LogP contribution < -0.4 is 11.2 Å². The van der Waals surface area contributed by atoms with Gasteiger partial charge in [0.15, 0.2) is 18.5 Å². The number of carbonyl (C=O) groups is 2. The van der Waals surface area contributed by atoms with E-state index in [0.29, 0.717) is 6.42 Å². The Morgan fingerprint density at radius 3 is 2.56 bits per heavy atom. The molecule has 0 spiro atoms. The second kappa shape index (κ2) is 7.60. The van der Waals surface area contributed by atoms with Crippen molar-refractivity contribution in [3.63, 3.8) is 0 Å². The quantitative estimate of drug-likeness (QED) is 0.726. The number of nitrogens with zero attached hydrogens (tertiary/aromatic N) is 1. The van der Waals surface area contributed by atoms with Crippen molar-refractivity contribution in [3.05, 3.63) is 32.6 Å². The molecule has 9 nitrogen and oxygen atoms in total. The molecule has 2 heterocycles. The van der Waals surface area contributed by atoms with E-state index in [4.69, 9.17) is 14.2 Å². The standard InChI is InChI=1S/C15H19FN2O7/c1-4-9-5-18(15(22)17-13(9)21)14-11(16)12(24-8(3)20)10(25-14)6-23-7(2)19/h5,10-12,14H,4,6H2,1-3H3,(H,17,21,22)/t10-,11+,12-,14-/m1/s1. The summed E-state index contributed by atoms with van der Waals surface area (Å²) in [4.78, 5) is 47.9. The molecule has 0 unspecified atom stereocenters. The third kappa shape index (κ3) is 4.13. The van der Waals surface area contributed by atoms with Crippen LogP contribution in [-0.2, 0) is 30.2 Å². The van der Waals surface area contributed by atoms with E-state index in [0.717, 1.165) is 11.5 Å². The number of aromatic amines is 1. The molecule has 138 valence electrons. The van der Waals surface area contributed by atoms with Crippen LogP contribution in [0.25, 0.3) is 0 Å². The number of alkyl halides is 1. The van der Waals surface area contributed by atoms with Crippen LogP contribution >= 0.6 is 0 Å². The van der Waals surface area contributed by atoms with E-state index < -0.39 is 47.8 Å². The van der Waals surface area contributed by atoms with Crippen LogP contribution in [0.2, 0.25) is 0 Å². The Balaban J connectivity index is 2.35. The van der Waals surface area contributed by atoms with E-state index >= 15 is 0 Å². The molecule has 4 atom stereocenters. The fraction of sp³-hybridized carbons (Fsp3) is 0.600. The molecule has 1 aromatic rings. The summed E-state index contributed by atoms with van der Waals surface area (Å²) in [5.41, 5.74) is -1.16. The number of carbonyl (C=O) groups excluding carboxylic acids is 2. The van der Waals surface area contributed by atoms with Gasteiger partial charge in [0.2, 0.25) is 0 Å². The first kappa shape index (κ1) is 18.8. The number of hydrogen-bond donors (Lipinski definition) is 1. The molecule has 0 aliphatic carbocycles. The van der Waals surface area contributed by atoms with Crippen molar-refractivity contribution in [2.45, 2.75) is 51.8 Å². The predicted molar refractivity (Wildman–Crippen MR) is 81.7 cm³/mol. The molecule has 1 aromatic heterocycles. The van der Waals surface area contributed by atoms with Gasteiger partial charge < -0.3 is 14.2 Å². The SMILES string of the molecule is CCc1cn([C@@H]2O[C@H](COC(C)=O)[C@@H](OC(C)=O)[C@@H]2F)c(=O)[nH]c1=O. The minimum atomic E-state index is -1.89. The fourth-order valence-electron chi connectivity index (χ4n) is 2.55. The van der Waals surface area contributed by atoms with Crippen molar-refractivity contribution < 1.29 is 28.2 Å². The van der Waals surface area contributed by atoms with Gasteiger partial charge in [-0.2, -0.15) is 0 Å². The first-order chi connectivity index (χ1) is 11.7. The average Bonchev–Trinajstić information content (AvgIpc) is 2.82. The second-order valence-electron chi connectivity index (χ2n) is 5.56. The molecule has 1 saturated heterocycles. The Kier molecular flexibility index (Phi) is 5.73. The minimum Gasteiger partial charge on any atom is -0.463 e. The summed E-state index contributed by atoms with van der Waals surface area (Å²) in [5.74, 6) is -1.36. The normalized spacial score (nSPS) is 25.6. The lowest BCUT2D eigenvalue weighted by Crippen LogP contribution is -2.38. The van der Waals surface area contributed by atoms with Gasteiger partial charge in [0.25, 0.3) is 5.56 Å². The molecule has 0 radical (unpaired) electrons. The largest absolute Gasteiger partial charge is 0.463 e. The van der Waals surface area contributed by atoms with Crippen LogP contribution in [0, 0.1) is 0 Å². The zero-order valence-electron chi connectivity index (χ0n) is 14.0. The lowest BCUT2D eigenvalue weighted by molar-refractivity contribution is -0.156. The maximum atomic E-state index is 14.8. The minimum absolute atomic E-state index is 0.267. The lowest BCUT2D eigenvalue weighted by Gasteiger charge is -2.18. The molecule has 0 amide bonds. The Labute approximate surface area is 141 Å². The van der Waals surface area contributed by atoms with E-state index in [-0.39, 0.29) is 12.2 Å². The third-order valence-corrected chi connectivity index (χ3v) is 3.72. The highest BCUT2D eigenvalue weighted by Gasteiger charge is 2.49. The summed E-state index contributed by atoms with van der Waals surface area (Å²) in [6.45, 7) is 3.63. The van der Waals surface area contributed by atoms with E-state index in [9.17, 15) is 23.6 Å². The van der Waals surface area contributed by atoms with Gasteiger partial charge in [0.1, 0.15) is 12.7 Å². The first-order valence-corrected chi connectivity index (χ1v) is 7.69. The summed E-state index contributed by atoms with van der Waals surface area (Å²) < 4.78 is 30.9. The van der Waals surface area contributed by atoms with Gasteiger partial charge in [-0.3, -0.25) is 23.9 Å². The van der Waals surface area contributed by atoms with Gasteiger partial charge in [-0.05, 0) is 6.42 Å². The lowest BCUT2D eigenvalue weighted by atomic mass is 10.1. The van der Waals surface area contributed by atoms with Crippen molar-refractivity contribution in [2.24, 2.45) is 0 Å². The molecule has 25 heavy (non-hydrogen) atoms. The van der Waals surface area contributed by atoms with E-state index in [1.165, 1.54) is 13.1 Å². The smallest absolute Gasteiger partial charge is 0.330 e. The maximum absolute atomic E-state index is 14.8. The molecular formula is C15H19FN2O7. The van der Waals surface area contributed by atoms with Gasteiger partial charge in [-0.15, -0.1) is 0 Å². The van der Waals surface area contributed by atoms with E-state index in [1.807, 2.05) is 0 Å². The molecule has 0 aromatic carbocycles. The Morgan fingerprint density at radius 1 is 1.32 bits per heavy atom. The molecule has 2 rings (SSSR count). The van der Waals surface area contributed by atoms with Crippen molar-refractivity contribution in [1.82, 2.24) is 9.55 Å². The Bertz CT molecular complexity index is 772. The zero-order chi connectivity index (χ0) is 18.7. The number of ether oxygens (including phenoxy) is 3. The Morgan fingerprint density at radius 2 is 2.00 bits per heavy atom. The van der Waals surface area contributed by atoms with Crippen molar-refractivity contribution in [1.29, 1.82) is 0 Å². The van der Waals surface area contributed by atoms with Crippen molar-refractivity contribution in [3.8, 4) is 0 Å². The van der Waals surface area contributed by atoms with Crippen LogP contribution in [-0.4, -0.2) is 46.5 Å². The van der Waals surface area contributed by atoms with E-state index in [2.05, 4.69) is 4.98 Å². The first-order valence-electron chi connectivity index (χ1n) is 7.69. The predicted octanol–water partition coefficient (Wildman–Crippen LogP) is -0.171. The summed E-state index contributed by atoms with van der Waals surface area (Å²) in [5, 5.41) is 0. The molecular weight excluding hydrogens is 339 g/mol. The number of aromatic nitrogens is 2. The molecule has 10 heteroatoms. The zero-order valence-corrected chi connectivity index (χ0v) is 14.0. The van der Waals surface area contributed by atoms with Crippen LogP contribution in [0.1, 0.15) is 32.6 Å². The third-order valence-electron chi connectivity index (χ3n) is 3.72. The Hall–Kier alpha value is -2.49. The van der Waals surface area contributed by atoms with Crippen LogP contribution in [0.3, 0.4) is 0 Å². The van der Waals surface area contributed by atoms with Crippen LogP contribution in [0.15, 0.2) is 15.8 Å². The summed E-state index contributed by atoms with van der Waals surface area (Å²) >= 11 is 0. The number of esters is 2. The monoisotopic (exact) mass is 358 g/mol. The summed E-state index contributed by atoms with van der Waals surface area (Å²) in [6, 6.07) is 0.